The molecule has 0 aliphatic rings. The second-order valence-corrected chi connectivity index (χ2v) is 5.86. The number of hydrogen-bond acceptors (Lipinski definition) is 5. The molecule has 2 rings (SSSR count). The van der Waals surface area contributed by atoms with Gasteiger partial charge < -0.3 is 14.6 Å². The maximum absolute atomic E-state index is 11.7. The van der Waals surface area contributed by atoms with Crippen molar-refractivity contribution < 1.29 is 19.4 Å². The summed E-state index contributed by atoms with van der Waals surface area (Å²) in [4.78, 5) is 22.3. The van der Waals surface area contributed by atoms with Crippen LogP contribution in [0.25, 0.3) is 0 Å². The minimum Gasteiger partial charge on any atom is -0.545 e. The summed E-state index contributed by atoms with van der Waals surface area (Å²) in [5.74, 6) is -1.21. The number of hydrogen-bond donors (Lipinski definition) is 1. The molecule has 2 aromatic rings. The van der Waals surface area contributed by atoms with Crippen LogP contribution in [-0.4, -0.2) is 24.7 Å². The van der Waals surface area contributed by atoms with E-state index >= 15 is 0 Å². The van der Waals surface area contributed by atoms with Crippen LogP contribution in [0.4, 0.5) is 0 Å². The number of nitrogens with zero attached hydrogens (tertiary/aromatic N) is 1. The molecular formula is C16H11BrClN2O4-. The number of ether oxygens (including phenoxy) is 1. The molecule has 0 atom stereocenters. The lowest BCUT2D eigenvalue weighted by Gasteiger charge is -2.07. The van der Waals surface area contributed by atoms with E-state index in [2.05, 4.69) is 26.5 Å². The maximum atomic E-state index is 11.7. The highest BCUT2D eigenvalue weighted by atomic mass is 79.9. The van der Waals surface area contributed by atoms with E-state index in [9.17, 15) is 14.7 Å². The van der Waals surface area contributed by atoms with Gasteiger partial charge in [0, 0.05) is 5.02 Å². The molecule has 0 fully saturated rings. The first kappa shape index (κ1) is 18.0. The summed E-state index contributed by atoms with van der Waals surface area (Å²) >= 11 is 9.09. The molecule has 0 saturated heterocycles. The fraction of sp³-hybridized carbons (Fsp3) is 0.0625. The van der Waals surface area contributed by atoms with Gasteiger partial charge in [0.2, 0.25) is 0 Å². The summed E-state index contributed by atoms with van der Waals surface area (Å²) in [5.41, 5.74) is 3.00. The fourth-order valence-electron chi connectivity index (χ4n) is 1.65. The van der Waals surface area contributed by atoms with Crippen LogP contribution < -0.4 is 15.3 Å². The molecule has 1 amide bonds. The number of benzene rings is 2. The zero-order chi connectivity index (χ0) is 17.5. The fourth-order valence-corrected chi connectivity index (χ4v) is 2.45. The summed E-state index contributed by atoms with van der Waals surface area (Å²) in [6, 6.07) is 10.8. The summed E-state index contributed by atoms with van der Waals surface area (Å²) in [5, 5.41) is 14.9. The summed E-state index contributed by atoms with van der Waals surface area (Å²) in [6.45, 7) is -0.221. The van der Waals surface area contributed by atoms with Crippen LogP contribution in [-0.2, 0) is 4.79 Å². The molecule has 0 radical (unpaired) electrons. The third-order valence-electron chi connectivity index (χ3n) is 2.80. The summed E-state index contributed by atoms with van der Waals surface area (Å²) in [7, 11) is 0. The van der Waals surface area contributed by atoms with Crippen LogP contribution in [0, 0.1) is 0 Å². The van der Waals surface area contributed by atoms with E-state index in [1.54, 1.807) is 30.3 Å². The highest BCUT2D eigenvalue weighted by Crippen LogP contribution is 2.27. The molecule has 124 valence electrons. The van der Waals surface area contributed by atoms with Crippen molar-refractivity contribution in [1.29, 1.82) is 0 Å². The molecule has 0 spiro atoms. The number of rotatable bonds is 6. The van der Waals surface area contributed by atoms with Crippen molar-refractivity contribution in [1.82, 2.24) is 5.43 Å². The van der Waals surface area contributed by atoms with Gasteiger partial charge in [0.25, 0.3) is 5.91 Å². The average Bonchev–Trinajstić information content (AvgIpc) is 2.54. The van der Waals surface area contributed by atoms with E-state index in [0.717, 1.165) is 0 Å². The van der Waals surface area contributed by atoms with Gasteiger partial charge in [0.15, 0.2) is 6.61 Å². The predicted octanol–water partition coefficient (Wildman–Crippen LogP) is 2.00. The SMILES string of the molecule is O=C(COc1ccc(Cl)cc1Br)N/N=C\c1ccc(C(=O)[O-])cc1. The van der Waals surface area contributed by atoms with Gasteiger partial charge in [-0.25, -0.2) is 5.43 Å². The molecule has 0 saturated carbocycles. The van der Waals surface area contributed by atoms with Gasteiger partial charge >= 0.3 is 0 Å². The Balaban J connectivity index is 1.83. The molecule has 6 nitrogen and oxygen atoms in total. The van der Waals surface area contributed by atoms with E-state index in [1.807, 2.05) is 0 Å². The van der Waals surface area contributed by atoms with Crippen LogP contribution in [0.15, 0.2) is 52.0 Å². The van der Waals surface area contributed by atoms with Crippen molar-refractivity contribution in [2.45, 2.75) is 0 Å². The van der Waals surface area contributed by atoms with Crippen molar-refractivity contribution in [2.24, 2.45) is 5.10 Å². The van der Waals surface area contributed by atoms with E-state index in [-0.39, 0.29) is 12.2 Å². The number of nitrogens with one attached hydrogen (secondary N) is 1. The Labute approximate surface area is 151 Å². The highest BCUT2D eigenvalue weighted by Gasteiger charge is 2.05. The highest BCUT2D eigenvalue weighted by molar-refractivity contribution is 9.10. The molecule has 8 heteroatoms. The number of aromatic carboxylic acids is 1. The van der Waals surface area contributed by atoms with Gasteiger partial charge in [0.05, 0.1) is 16.7 Å². The third kappa shape index (κ3) is 5.36. The van der Waals surface area contributed by atoms with Crippen molar-refractivity contribution >= 4 is 45.6 Å². The van der Waals surface area contributed by atoms with E-state index < -0.39 is 11.9 Å². The quantitative estimate of drug-likeness (QED) is 0.582. The largest absolute Gasteiger partial charge is 0.545 e. The van der Waals surface area contributed by atoms with Crippen molar-refractivity contribution in [2.75, 3.05) is 6.61 Å². The first-order chi connectivity index (χ1) is 11.5. The first-order valence-electron chi connectivity index (χ1n) is 6.67. The van der Waals surface area contributed by atoms with Crippen molar-refractivity contribution in [3.8, 4) is 5.75 Å². The zero-order valence-corrected chi connectivity index (χ0v) is 14.5. The summed E-state index contributed by atoms with van der Waals surface area (Å²) in [6.07, 6.45) is 1.38. The van der Waals surface area contributed by atoms with Crippen LogP contribution in [0.2, 0.25) is 5.02 Å². The van der Waals surface area contributed by atoms with Crippen LogP contribution in [0.3, 0.4) is 0 Å². The van der Waals surface area contributed by atoms with Crippen molar-refractivity contribution in [3.63, 3.8) is 0 Å². The Morgan fingerprint density at radius 3 is 2.58 bits per heavy atom. The second-order valence-electron chi connectivity index (χ2n) is 4.57. The normalized spacial score (nSPS) is 10.6. The maximum Gasteiger partial charge on any atom is 0.277 e. The topological polar surface area (TPSA) is 90.8 Å². The van der Waals surface area contributed by atoms with Gasteiger partial charge in [-0.15, -0.1) is 0 Å². The molecule has 0 aromatic heterocycles. The van der Waals surface area contributed by atoms with E-state index in [0.29, 0.717) is 20.8 Å². The van der Waals surface area contributed by atoms with Crippen LogP contribution in [0.5, 0.6) is 5.75 Å². The molecule has 1 N–H and O–H groups in total. The number of amides is 1. The van der Waals surface area contributed by atoms with E-state index in [1.165, 1.54) is 18.3 Å². The third-order valence-corrected chi connectivity index (χ3v) is 3.66. The molecule has 0 aliphatic heterocycles. The Kier molecular flexibility index (Phi) is 6.34. The lowest BCUT2D eigenvalue weighted by Crippen LogP contribution is -2.24. The molecule has 2 aromatic carbocycles. The predicted molar refractivity (Wildman–Crippen MR) is 91.2 cm³/mol. The minimum atomic E-state index is -1.25. The monoisotopic (exact) mass is 409 g/mol. The lowest BCUT2D eigenvalue weighted by atomic mass is 10.1. The molecule has 0 unspecified atom stereocenters. The molecule has 24 heavy (non-hydrogen) atoms. The Morgan fingerprint density at radius 1 is 1.25 bits per heavy atom. The van der Waals surface area contributed by atoms with E-state index in [4.69, 9.17) is 16.3 Å². The average molecular weight is 411 g/mol. The lowest BCUT2D eigenvalue weighted by molar-refractivity contribution is -0.255. The van der Waals surface area contributed by atoms with Crippen LogP contribution in [0.1, 0.15) is 15.9 Å². The smallest absolute Gasteiger partial charge is 0.277 e. The molecular weight excluding hydrogens is 400 g/mol. The Bertz CT molecular complexity index is 778. The van der Waals surface area contributed by atoms with Crippen LogP contribution >= 0.6 is 27.5 Å². The van der Waals surface area contributed by atoms with Gasteiger partial charge in [-0.3, -0.25) is 4.79 Å². The number of carbonyl (C=O) groups excluding carboxylic acids is 2. The van der Waals surface area contributed by atoms with Gasteiger partial charge in [-0.05, 0) is 45.3 Å². The molecule has 0 heterocycles. The standard InChI is InChI=1S/C16H12BrClN2O4/c17-13-7-12(18)5-6-14(13)24-9-15(21)20-19-8-10-1-3-11(4-2-10)16(22)23/h1-8H,9H2,(H,20,21)(H,22,23)/p-1/b19-8-. The Morgan fingerprint density at radius 2 is 1.96 bits per heavy atom. The molecule has 0 bridgehead atoms. The van der Waals surface area contributed by atoms with Crippen molar-refractivity contribution in [3.05, 3.63) is 63.1 Å². The van der Waals surface area contributed by atoms with Gasteiger partial charge in [-0.1, -0.05) is 35.9 Å². The molecule has 0 aliphatic carbocycles. The Hall–Kier alpha value is -2.38. The number of carboxylic acid groups (broad SMARTS) is 1. The number of carbonyl (C=O) groups is 2. The number of halogens is 2. The number of hydrazone groups is 1. The second kappa shape index (κ2) is 8.47. The minimum absolute atomic E-state index is 0.0677. The zero-order valence-electron chi connectivity index (χ0n) is 12.2. The van der Waals surface area contributed by atoms with Gasteiger partial charge in [-0.2, -0.15) is 5.10 Å². The first-order valence-corrected chi connectivity index (χ1v) is 7.84. The number of carboxylic acids is 1. The van der Waals surface area contributed by atoms with Gasteiger partial charge in [0.1, 0.15) is 5.75 Å². The summed E-state index contributed by atoms with van der Waals surface area (Å²) < 4.78 is 5.97.